The van der Waals surface area contributed by atoms with Gasteiger partial charge in [-0.2, -0.15) is 0 Å². The number of likely N-dealkylation sites (tertiary alicyclic amines) is 1. The van der Waals surface area contributed by atoms with Crippen molar-refractivity contribution in [2.24, 2.45) is 5.92 Å². The number of amides is 1. The highest BCUT2D eigenvalue weighted by Crippen LogP contribution is 2.22. The van der Waals surface area contributed by atoms with Gasteiger partial charge in [0, 0.05) is 37.5 Å². The summed E-state index contributed by atoms with van der Waals surface area (Å²) in [7, 11) is 0. The Balaban J connectivity index is 1.65. The lowest BCUT2D eigenvalue weighted by molar-refractivity contribution is -0.132. The SMILES string of the molecule is CCC(=O)N1CCC[C@@H](Cc2cc(Nc3ncccc3C)ncn2)C1. The highest BCUT2D eigenvalue weighted by molar-refractivity contribution is 5.75. The number of piperidine rings is 1. The zero-order valence-electron chi connectivity index (χ0n) is 14.9. The van der Waals surface area contributed by atoms with E-state index in [2.05, 4.69) is 20.3 Å². The van der Waals surface area contributed by atoms with E-state index in [1.54, 1.807) is 12.5 Å². The van der Waals surface area contributed by atoms with Crippen LogP contribution in [0, 0.1) is 12.8 Å². The summed E-state index contributed by atoms with van der Waals surface area (Å²) in [5.74, 6) is 2.28. The predicted octanol–water partition coefficient (Wildman–Crippen LogP) is 3.11. The lowest BCUT2D eigenvalue weighted by Crippen LogP contribution is -2.40. The Bertz CT molecular complexity index is 733. The molecule has 0 spiro atoms. The molecule has 3 heterocycles. The Morgan fingerprint density at radius 2 is 2.24 bits per heavy atom. The minimum absolute atomic E-state index is 0.250. The fourth-order valence-electron chi connectivity index (χ4n) is 3.29. The molecule has 1 saturated heterocycles. The number of nitrogens with one attached hydrogen (secondary N) is 1. The average Bonchev–Trinajstić information content (AvgIpc) is 2.63. The van der Waals surface area contributed by atoms with Crippen LogP contribution in [0.5, 0.6) is 0 Å². The molecule has 0 saturated carbocycles. The number of carbonyl (C=O) groups is 1. The van der Waals surface area contributed by atoms with Gasteiger partial charge in [-0.3, -0.25) is 4.79 Å². The molecule has 2 aromatic rings. The van der Waals surface area contributed by atoms with E-state index in [1.165, 1.54) is 0 Å². The third-order valence-electron chi connectivity index (χ3n) is 4.65. The first-order chi connectivity index (χ1) is 12.2. The zero-order chi connectivity index (χ0) is 17.6. The number of nitrogens with zero attached hydrogens (tertiary/aromatic N) is 4. The first kappa shape index (κ1) is 17.3. The van der Waals surface area contributed by atoms with Gasteiger partial charge in [-0.1, -0.05) is 13.0 Å². The molecule has 6 heteroatoms. The summed E-state index contributed by atoms with van der Waals surface area (Å²) in [6, 6.07) is 5.91. The topological polar surface area (TPSA) is 71.0 Å². The first-order valence-corrected chi connectivity index (χ1v) is 8.93. The highest BCUT2D eigenvalue weighted by atomic mass is 16.2. The standard InChI is InChI=1S/C19H25N5O/c1-3-18(25)24-9-5-7-15(12-24)10-16-11-17(22-13-21-16)23-19-14(2)6-4-8-20-19/h4,6,8,11,13,15H,3,5,7,9-10,12H2,1-2H3,(H,20,21,22,23)/t15-/m0/s1. The number of anilines is 2. The quantitative estimate of drug-likeness (QED) is 0.906. The van der Waals surface area contributed by atoms with Gasteiger partial charge in [0.1, 0.15) is 18.0 Å². The summed E-state index contributed by atoms with van der Waals surface area (Å²) in [6.07, 6.45) is 7.01. The van der Waals surface area contributed by atoms with E-state index in [0.29, 0.717) is 12.3 Å². The molecule has 1 atom stereocenters. The van der Waals surface area contributed by atoms with Gasteiger partial charge >= 0.3 is 0 Å². The van der Waals surface area contributed by atoms with Gasteiger partial charge in [-0.05, 0) is 43.7 Å². The summed E-state index contributed by atoms with van der Waals surface area (Å²) >= 11 is 0. The summed E-state index contributed by atoms with van der Waals surface area (Å²) in [6.45, 7) is 5.66. The predicted molar refractivity (Wildman–Crippen MR) is 97.6 cm³/mol. The van der Waals surface area contributed by atoms with Gasteiger partial charge in [0.15, 0.2) is 0 Å². The Morgan fingerprint density at radius 1 is 1.36 bits per heavy atom. The molecule has 3 rings (SSSR count). The largest absolute Gasteiger partial charge is 0.342 e. The molecule has 1 N–H and O–H groups in total. The van der Waals surface area contributed by atoms with Gasteiger partial charge < -0.3 is 10.2 Å². The molecule has 2 aromatic heterocycles. The Hall–Kier alpha value is -2.50. The van der Waals surface area contributed by atoms with Crippen LogP contribution in [0.4, 0.5) is 11.6 Å². The van der Waals surface area contributed by atoms with E-state index in [4.69, 9.17) is 0 Å². The van der Waals surface area contributed by atoms with Gasteiger partial charge in [0.05, 0.1) is 0 Å². The molecule has 132 valence electrons. The minimum Gasteiger partial charge on any atom is -0.342 e. The molecule has 0 unspecified atom stereocenters. The van der Waals surface area contributed by atoms with Crippen LogP contribution in [-0.2, 0) is 11.2 Å². The maximum atomic E-state index is 11.9. The Kier molecular flexibility index (Phi) is 5.58. The van der Waals surface area contributed by atoms with E-state index in [0.717, 1.165) is 55.2 Å². The van der Waals surface area contributed by atoms with Crippen LogP contribution in [0.1, 0.15) is 37.4 Å². The van der Waals surface area contributed by atoms with Crippen LogP contribution in [0.3, 0.4) is 0 Å². The summed E-state index contributed by atoms with van der Waals surface area (Å²) in [5.41, 5.74) is 2.07. The van der Waals surface area contributed by atoms with Gasteiger partial charge in [0.2, 0.25) is 5.91 Å². The first-order valence-electron chi connectivity index (χ1n) is 8.93. The van der Waals surface area contributed by atoms with Crippen molar-refractivity contribution >= 4 is 17.5 Å². The molecule has 1 amide bonds. The van der Waals surface area contributed by atoms with Crippen molar-refractivity contribution in [2.75, 3.05) is 18.4 Å². The second kappa shape index (κ2) is 8.05. The Morgan fingerprint density at radius 3 is 3.04 bits per heavy atom. The number of aryl methyl sites for hydroxylation is 1. The molecule has 6 nitrogen and oxygen atoms in total. The fourth-order valence-corrected chi connectivity index (χ4v) is 3.29. The number of aromatic nitrogens is 3. The van der Waals surface area contributed by atoms with E-state index >= 15 is 0 Å². The summed E-state index contributed by atoms with van der Waals surface area (Å²) in [5, 5.41) is 3.26. The van der Waals surface area contributed by atoms with Crippen molar-refractivity contribution in [1.82, 2.24) is 19.9 Å². The molecule has 25 heavy (non-hydrogen) atoms. The second-order valence-corrected chi connectivity index (χ2v) is 6.59. The maximum absolute atomic E-state index is 11.9. The van der Waals surface area contributed by atoms with Crippen LogP contribution in [0.15, 0.2) is 30.7 Å². The lowest BCUT2D eigenvalue weighted by Gasteiger charge is -2.32. The normalized spacial score (nSPS) is 17.4. The van der Waals surface area contributed by atoms with Gasteiger partial charge in [-0.15, -0.1) is 0 Å². The molecule has 0 aliphatic carbocycles. The van der Waals surface area contributed by atoms with Crippen LogP contribution in [0.25, 0.3) is 0 Å². The van der Waals surface area contributed by atoms with Crippen LogP contribution in [-0.4, -0.2) is 38.8 Å². The molecule has 1 aliphatic heterocycles. The zero-order valence-corrected chi connectivity index (χ0v) is 14.9. The monoisotopic (exact) mass is 339 g/mol. The van der Waals surface area contributed by atoms with E-state index in [9.17, 15) is 4.79 Å². The van der Waals surface area contributed by atoms with Gasteiger partial charge in [0.25, 0.3) is 0 Å². The Labute approximate surface area is 148 Å². The molecule has 0 bridgehead atoms. The van der Waals surface area contributed by atoms with Crippen LogP contribution in [0.2, 0.25) is 0 Å². The summed E-state index contributed by atoms with van der Waals surface area (Å²) in [4.78, 5) is 27.0. The van der Waals surface area contributed by atoms with Crippen LogP contribution < -0.4 is 5.32 Å². The highest BCUT2D eigenvalue weighted by Gasteiger charge is 2.23. The minimum atomic E-state index is 0.250. The molecule has 0 aromatic carbocycles. The van der Waals surface area contributed by atoms with E-state index < -0.39 is 0 Å². The number of rotatable bonds is 5. The van der Waals surface area contributed by atoms with E-state index in [-0.39, 0.29) is 5.91 Å². The number of hydrogen-bond donors (Lipinski definition) is 1. The van der Waals surface area contributed by atoms with Crippen molar-refractivity contribution in [2.45, 2.75) is 39.5 Å². The lowest BCUT2D eigenvalue weighted by atomic mass is 9.93. The third-order valence-corrected chi connectivity index (χ3v) is 4.65. The number of pyridine rings is 1. The molecule has 1 aliphatic rings. The van der Waals surface area contributed by atoms with Crippen molar-refractivity contribution in [3.63, 3.8) is 0 Å². The van der Waals surface area contributed by atoms with E-state index in [1.807, 2.05) is 36.9 Å². The maximum Gasteiger partial charge on any atom is 0.222 e. The summed E-state index contributed by atoms with van der Waals surface area (Å²) < 4.78 is 0. The second-order valence-electron chi connectivity index (χ2n) is 6.59. The average molecular weight is 339 g/mol. The number of carbonyl (C=O) groups excluding carboxylic acids is 1. The van der Waals surface area contributed by atoms with Gasteiger partial charge in [-0.25, -0.2) is 15.0 Å². The molecular weight excluding hydrogens is 314 g/mol. The molecule has 1 fully saturated rings. The third kappa shape index (κ3) is 4.53. The van der Waals surface area contributed by atoms with Crippen molar-refractivity contribution in [3.05, 3.63) is 42.0 Å². The number of hydrogen-bond acceptors (Lipinski definition) is 5. The molecule has 0 radical (unpaired) electrons. The van der Waals surface area contributed by atoms with Crippen molar-refractivity contribution in [3.8, 4) is 0 Å². The van der Waals surface area contributed by atoms with Crippen molar-refractivity contribution < 1.29 is 4.79 Å². The fraction of sp³-hybridized carbons (Fsp3) is 0.474. The van der Waals surface area contributed by atoms with Crippen LogP contribution >= 0.6 is 0 Å². The molecular formula is C19H25N5O. The smallest absolute Gasteiger partial charge is 0.222 e. The van der Waals surface area contributed by atoms with Crippen molar-refractivity contribution in [1.29, 1.82) is 0 Å².